The summed E-state index contributed by atoms with van der Waals surface area (Å²) in [6.45, 7) is 0. The Morgan fingerprint density at radius 2 is 1.89 bits per heavy atom. The summed E-state index contributed by atoms with van der Waals surface area (Å²) in [5, 5.41) is 19.1. The van der Waals surface area contributed by atoms with E-state index in [-0.39, 0.29) is 12.0 Å². The molecule has 2 atom stereocenters. The lowest BCUT2D eigenvalue weighted by atomic mass is 9.85. The van der Waals surface area contributed by atoms with Crippen molar-refractivity contribution in [2.45, 2.75) is 12.5 Å². The molecule has 0 bridgehead atoms. The Labute approximate surface area is 110 Å². The van der Waals surface area contributed by atoms with Gasteiger partial charge < -0.3 is 10.2 Å². The number of aliphatic carboxylic acids is 1. The van der Waals surface area contributed by atoms with E-state index in [1.54, 1.807) is 42.5 Å². The molecule has 2 unspecified atom stereocenters. The number of carboxylic acid groups (broad SMARTS) is 1. The number of carbonyl (C=O) groups is 2. The smallest absolute Gasteiger partial charge is 0.311 e. The number of aliphatic hydroxyl groups is 1. The molecule has 0 saturated heterocycles. The van der Waals surface area contributed by atoms with Gasteiger partial charge >= 0.3 is 5.97 Å². The topological polar surface area (TPSA) is 74.6 Å². The van der Waals surface area contributed by atoms with Crippen molar-refractivity contribution in [3.05, 3.63) is 59.7 Å². The summed E-state index contributed by atoms with van der Waals surface area (Å²) in [5.41, 5.74) is 0.610. The molecule has 4 nitrogen and oxygen atoms in total. The molecule has 1 aromatic carbocycles. The second-order valence-electron chi connectivity index (χ2n) is 4.35. The average molecular weight is 258 g/mol. The maximum Gasteiger partial charge on any atom is 0.311 e. The summed E-state index contributed by atoms with van der Waals surface area (Å²) in [4.78, 5) is 23.3. The van der Waals surface area contributed by atoms with E-state index in [1.807, 2.05) is 0 Å². The van der Waals surface area contributed by atoms with E-state index in [2.05, 4.69) is 0 Å². The zero-order valence-electron chi connectivity index (χ0n) is 10.2. The molecule has 0 aromatic heterocycles. The normalized spacial score (nSPS) is 19.6. The Morgan fingerprint density at radius 3 is 2.53 bits per heavy atom. The maximum absolute atomic E-state index is 12.2. The van der Waals surface area contributed by atoms with Crippen LogP contribution in [0.1, 0.15) is 18.1 Å². The predicted molar refractivity (Wildman–Crippen MR) is 69.4 cm³/mol. The van der Waals surface area contributed by atoms with Crippen LogP contribution in [-0.4, -0.2) is 22.0 Å². The van der Waals surface area contributed by atoms with Gasteiger partial charge in [-0.05, 0) is 12.0 Å². The molecule has 0 saturated carbocycles. The van der Waals surface area contributed by atoms with Gasteiger partial charge in [0.1, 0.15) is 6.10 Å². The molecule has 2 N–H and O–H groups in total. The molecule has 0 radical (unpaired) electrons. The second-order valence-corrected chi connectivity index (χ2v) is 4.35. The number of ketones is 1. The SMILES string of the molecule is O=C(O)C1CC=CC=C1C(=O)C(O)c1ccccc1. The highest BCUT2D eigenvalue weighted by Gasteiger charge is 2.31. The Balaban J connectivity index is 2.26. The number of aliphatic hydroxyl groups excluding tert-OH is 1. The van der Waals surface area contributed by atoms with Crippen molar-refractivity contribution in [3.63, 3.8) is 0 Å². The largest absolute Gasteiger partial charge is 0.481 e. The fourth-order valence-corrected chi connectivity index (χ4v) is 2.06. The van der Waals surface area contributed by atoms with Gasteiger partial charge in [0.15, 0.2) is 5.78 Å². The molecule has 4 heteroatoms. The fraction of sp³-hybridized carbons (Fsp3) is 0.200. The Hall–Kier alpha value is -2.20. The van der Waals surface area contributed by atoms with Gasteiger partial charge in [0.05, 0.1) is 5.92 Å². The average Bonchev–Trinajstić information content (AvgIpc) is 2.46. The highest BCUT2D eigenvalue weighted by molar-refractivity contribution is 6.03. The summed E-state index contributed by atoms with van der Waals surface area (Å²) >= 11 is 0. The second kappa shape index (κ2) is 5.63. The van der Waals surface area contributed by atoms with Crippen LogP contribution in [0.25, 0.3) is 0 Å². The lowest BCUT2D eigenvalue weighted by Gasteiger charge is -2.19. The summed E-state index contributed by atoms with van der Waals surface area (Å²) in [6, 6.07) is 8.49. The van der Waals surface area contributed by atoms with Crippen molar-refractivity contribution in [1.29, 1.82) is 0 Å². The number of allylic oxidation sites excluding steroid dienone is 3. The molecule has 0 heterocycles. The van der Waals surface area contributed by atoms with E-state index >= 15 is 0 Å². The first-order valence-corrected chi connectivity index (χ1v) is 5.98. The molecular formula is C15H14O4. The monoisotopic (exact) mass is 258 g/mol. The van der Waals surface area contributed by atoms with Crippen LogP contribution in [0.4, 0.5) is 0 Å². The molecule has 0 fully saturated rings. The molecular weight excluding hydrogens is 244 g/mol. The number of carboxylic acids is 1. The van der Waals surface area contributed by atoms with Gasteiger partial charge in [-0.1, -0.05) is 48.6 Å². The minimum Gasteiger partial charge on any atom is -0.481 e. The third-order valence-electron chi connectivity index (χ3n) is 3.11. The number of hydrogen-bond donors (Lipinski definition) is 2. The quantitative estimate of drug-likeness (QED) is 0.864. The Morgan fingerprint density at radius 1 is 1.21 bits per heavy atom. The third-order valence-corrected chi connectivity index (χ3v) is 3.11. The van der Waals surface area contributed by atoms with Gasteiger partial charge in [0.25, 0.3) is 0 Å². The van der Waals surface area contributed by atoms with Crippen LogP contribution in [0.5, 0.6) is 0 Å². The molecule has 1 aliphatic rings. The molecule has 1 aromatic rings. The van der Waals surface area contributed by atoms with E-state index in [1.165, 1.54) is 6.08 Å². The van der Waals surface area contributed by atoms with Crippen molar-refractivity contribution >= 4 is 11.8 Å². The fourth-order valence-electron chi connectivity index (χ4n) is 2.06. The minimum atomic E-state index is -1.32. The highest BCUT2D eigenvalue weighted by atomic mass is 16.4. The van der Waals surface area contributed by atoms with Gasteiger partial charge in [-0.2, -0.15) is 0 Å². The Bertz CT molecular complexity index is 543. The number of Topliss-reactive ketones (excluding diaryl/α,β-unsaturated/α-hetero) is 1. The number of benzene rings is 1. The van der Waals surface area contributed by atoms with Gasteiger partial charge in [-0.15, -0.1) is 0 Å². The molecule has 98 valence electrons. The number of rotatable bonds is 4. The first-order valence-electron chi connectivity index (χ1n) is 5.98. The van der Waals surface area contributed by atoms with Crippen LogP contribution in [0.15, 0.2) is 54.1 Å². The first-order chi connectivity index (χ1) is 9.11. The van der Waals surface area contributed by atoms with Gasteiger partial charge in [0.2, 0.25) is 0 Å². The zero-order valence-corrected chi connectivity index (χ0v) is 10.2. The van der Waals surface area contributed by atoms with Crippen molar-refractivity contribution in [1.82, 2.24) is 0 Å². The highest BCUT2D eigenvalue weighted by Crippen LogP contribution is 2.27. The van der Waals surface area contributed by atoms with Crippen LogP contribution in [0, 0.1) is 5.92 Å². The predicted octanol–water partition coefficient (Wildman–Crippen LogP) is 1.88. The van der Waals surface area contributed by atoms with Gasteiger partial charge in [0, 0.05) is 5.57 Å². The zero-order chi connectivity index (χ0) is 13.8. The van der Waals surface area contributed by atoms with E-state index in [0.717, 1.165) is 0 Å². The molecule has 0 spiro atoms. The molecule has 2 rings (SSSR count). The van der Waals surface area contributed by atoms with Crippen LogP contribution in [0.3, 0.4) is 0 Å². The van der Waals surface area contributed by atoms with Crippen molar-refractivity contribution in [2.75, 3.05) is 0 Å². The third kappa shape index (κ3) is 2.80. The van der Waals surface area contributed by atoms with E-state index in [0.29, 0.717) is 5.56 Å². The van der Waals surface area contributed by atoms with Crippen molar-refractivity contribution in [3.8, 4) is 0 Å². The van der Waals surface area contributed by atoms with E-state index in [9.17, 15) is 14.7 Å². The lowest BCUT2D eigenvalue weighted by Crippen LogP contribution is -2.26. The van der Waals surface area contributed by atoms with Gasteiger partial charge in [-0.25, -0.2) is 0 Å². The first kappa shape index (κ1) is 13.2. The molecule has 19 heavy (non-hydrogen) atoms. The van der Waals surface area contributed by atoms with E-state index in [4.69, 9.17) is 5.11 Å². The summed E-state index contributed by atoms with van der Waals surface area (Å²) < 4.78 is 0. The minimum absolute atomic E-state index is 0.145. The van der Waals surface area contributed by atoms with Gasteiger partial charge in [-0.3, -0.25) is 9.59 Å². The standard InChI is InChI=1S/C15H14O4/c16-13(10-6-2-1-3-7-10)14(17)11-8-4-5-9-12(11)15(18)19/h1-8,12-13,16H,9H2,(H,18,19). The number of carbonyl (C=O) groups excluding carboxylic acids is 1. The van der Waals surface area contributed by atoms with Crippen LogP contribution in [-0.2, 0) is 9.59 Å². The van der Waals surface area contributed by atoms with Crippen molar-refractivity contribution in [2.24, 2.45) is 5.92 Å². The van der Waals surface area contributed by atoms with Crippen LogP contribution < -0.4 is 0 Å². The summed E-state index contributed by atoms with van der Waals surface area (Å²) in [6.07, 6.45) is 3.76. The lowest BCUT2D eigenvalue weighted by molar-refractivity contribution is -0.141. The maximum atomic E-state index is 12.2. The number of hydrogen-bond acceptors (Lipinski definition) is 3. The molecule has 0 aliphatic heterocycles. The van der Waals surface area contributed by atoms with Crippen LogP contribution >= 0.6 is 0 Å². The van der Waals surface area contributed by atoms with Crippen molar-refractivity contribution < 1.29 is 19.8 Å². The van der Waals surface area contributed by atoms with Crippen LogP contribution in [0.2, 0.25) is 0 Å². The Kier molecular flexibility index (Phi) is 3.92. The van der Waals surface area contributed by atoms with E-state index < -0.39 is 23.8 Å². The summed E-state index contributed by atoms with van der Waals surface area (Å²) in [7, 11) is 0. The molecule has 0 amide bonds. The summed E-state index contributed by atoms with van der Waals surface area (Å²) in [5.74, 6) is -2.48. The molecule has 1 aliphatic carbocycles.